The third-order valence-electron chi connectivity index (χ3n) is 6.48. The summed E-state index contributed by atoms with van der Waals surface area (Å²) in [5, 5.41) is 38.8. The van der Waals surface area contributed by atoms with E-state index in [1.807, 2.05) is 6.92 Å². The molecule has 1 amide bonds. The van der Waals surface area contributed by atoms with E-state index in [4.69, 9.17) is 18.6 Å². The summed E-state index contributed by atoms with van der Waals surface area (Å²) in [7, 11) is 1.67. The minimum Gasteiger partial charge on any atom is -0.459 e. The molecule has 3 heterocycles. The van der Waals surface area contributed by atoms with Crippen molar-refractivity contribution in [1.29, 1.82) is 0 Å². The van der Waals surface area contributed by atoms with Crippen molar-refractivity contribution in [3.63, 3.8) is 0 Å². The molecule has 0 spiro atoms. The Morgan fingerprint density at radius 2 is 2.03 bits per heavy atom. The lowest BCUT2D eigenvalue weighted by atomic mass is 9.74. The van der Waals surface area contributed by atoms with Crippen LogP contribution in [0.2, 0.25) is 0 Å². The second kappa shape index (κ2) is 8.19. The Kier molecular flexibility index (Phi) is 5.92. The number of aliphatic hydroxyl groups is 3. The van der Waals surface area contributed by atoms with Crippen molar-refractivity contribution < 1.29 is 38.7 Å². The van der Waals surface area contributed by atoms with Crippen molar-refractivity contribution in [1.82, 2.24) is 10.6 Å². The smallest absolute Gasteiger partial charge is 0.287 e. The average molecular weight is 426 g/mol. The van der Waals surface area contributed by atoms with Gasteiger partial charge in [-0.25, -0.2) is 0 Å². The van der Waals surface area contributed by atoms with E-state index in [1.54, 1.807) is 20.0 Å². The number of nitrogens with one attached hydrogen (secondary N) is 2. The fraction of sp³-hybridized carbons (Fsp3) is 0.750. The third-order valence-corrected chi connectivity index (χ3v) is 6.48. The Balaban J connectivity index is 1.62. The van der Waals surface area contributed by atoms with Gasteiger partial charge in [0.15, 0.2) is 5.76 Å². The minimum absolute atomic E-state index is 0.103. The highest BCUT2D eigenvalue weighted by molar-refractivity contribution is 5.91. The molecule has 10 atom stereocenters. The number of likely N-dealkylation sites (N-methyl/N-ethyl adjacent to an activating group) is 1. The van der Waals surface area contributed by atoms with E-state index in [0.717, 1.165) is 0 Å². The van der Waals surface area contributed by atoms with Gasteiger partial charge in [-0.15, -0.1) is 0 Å². The highest BCUT2D eigenvalue weighted by Crippen LogP contribution is 2.43. The summed E-state index contributed by atoms with van der Waals surface area (Å²) in [5.41, 5.74) is 0. The van der Waals surface area contributed by atoms with Crippen molar-refractivity contribution in [3.05, 3.63) is 24.2 Å². The number of furan rings is 1. The maximum Gasteiger partial charge on any atom is 0.287 e. The summed E-state index contributed by atoms with van der Waals surface area (Å²) >= 11 is 0. The molecule has 1 aliphatic carbocycles. The SMILES string of the molecule is CC[C@@H]1[C@H](O)[C@H](NC)C2O[C@]3(O)C(OC2[C@H]1O)O[C@H](C)C[C@H]3NC(=O)c1ccco1. The number of hydrogen-bond donors (Lipinski definition) is 5. The lowest BCUT2D eigenvalue weighted by Crippen LogP contribution is -2.77. The summed E-state index contributed by atoms with van der Waals surface area (Å²) < 4.78 is 23.0. The Hall–Kier alpha value is -1.53. The Labute approximate surface area is 174 Å². The largest absolute Gasteiger partial charge is 0.459 e. The van der Waals surface area contributed by atoms with Crippen LogP contribution in [-0.2, 0) is 14.2 Å². The van der Waals surface area contributed by atoms with Crippen molar-refractivity contribution in [2.75, 3.05) is 7.05 Å². The second-order valence-electron chi connectivity index (χ2n) is 8.32. The number of carbonyl (C=O) groups excluding carboxylic acids is 1. The lowest BCUT2D eigenvalue weighted by molar-refractivity contribution is -0.450. The first-order valence-electron chi connectivity index (χ1n) is 10.4. The zero-order chi connectivity index (χ0) is 21.6. The minimum atomic E-state index is -2.01. The van der Waals surface area contributed by atoms with Gasteiger partial charge in [0.2, 0.25) is 12.1 Å². The van der Waals surface area contributed by atoms with E-state index < -0.39 is 60.4 Å². The van der Waals surface area contributed by atoms with Gasteiger partial charge in [0, 0.05) is 5.92 Å². The van der Waals surface area contributed by atoms with E-state index in [0.29, 0.717) is 6.42 Å². The fourth-order valence-corrected chi connectivity index (χ4v) is 4.88. The first-order chi connectivity index (χ1) is 14.3. The van der Waals surface area contributed by atoms with Gasteiger partial charge < -0.3 is 44.6 Å². The summed E-state index contributed by atoms with van der Waals surface area (Å²) in [6, 6.07) is 1.66. The molecule has 168 valence electrons. The molecule has 10 heteroatoms. The van der Waals surface area contributed by atoms with Gasteiger partial charge in [0.1, 0.15) is 12.2 Å². The lowest BCUT2D eigenvalue weighted by Gasteiger charge is -2.58. The van der Waals surface area contributed by atoms with E-state index >= 15 is 0 Å². The third kappa shape index (κ3) is 3.46. The average Bonchev–Trinajstić information content (AvgIpc) is 3.24. The van der Waals surface area contributed by atoms with Gasteiger partial charge in [-0.1, -0.05) is 6.92 Å². The van der Waals surface area contributed by atoms with Gasteiger partial charge in [0.05, 0.1) is 36.7 Å². The van der Waals surface area contributed by atoms with Gasteiger partial charge in [-0.2, -0.15) is 0 Å². The Bertz CT molecular complexity index is 745. The van der Waals surface area contributed by atoms with Crippen LogP contribution in [0.5, 0.6) is 0 Å². The summed E-state index contributed by atoms with van der Waals surface area (Å²) in [4.78, 5) is 12.5. The van der Waals surface area contributed by atoms with Crippen LogP contribution in [0.1, 0.15) is 37.2 Å². The van der Waals surface area contributed by atoms with Crippen LogP contribution in [-0.4, -0.2) is 83.0 Å². The van der Waals surface area contributed by atoms with Gasteiger partial charge in [-0.3, -0.25) is 4.79 Å². The van der Waals surface area contributed by atoms with Gasteiger partial charge in [-0.05, 0) is 38.9 Å². The van der Waals surface area contributed by atoms with Crippen molar-refractivity contribution >= 4 is 5.91 Å². The first-order valence-corrected chi connectivity index (χ1v) is 10.4. The molecular weight excluding hydrogens is 396 g/mol. The maximum atomic E-state index is 12.5. The molecule has 3 fully saturated rings. The van der Waals surface area contributed by atoms with Crippen molar-refractivity contribution in [2.45, 2.75) is 81.4 Å². The Morgan fingerprint density at radius 1 is 1.27 bits per heavy atom. The molecule has 2 aliphatic heterocycles. The van der Waals surface area contributed by atoms with Crippen LogP contribution in [0.4, 0.5) is 0 Å². The molecule has 30 heavy (non-hydrogen) atoms. The molecule has 0 aromatic carbocycles. The van der Waals surface area contributed by atoms with Crippen molar-refractivity contribution in [2.24, 2.45) is 5.92 Å². The summed E-state index contributed by atoms with van der Waals surface area (Å²) in [6.07, 6.45) is -2.93. The number of carbonyl (C=O) groups is 1. The number of ether oxygens (including phenoxy) is 3. The van der Waals surface area contributed by atoms with Crippen LogP contribution in [0.15, 0.2) is 22.8 Å². The fourth-order valence-electron chi connectivity index (χ4n) is 4.88. The first kappa shape index (κ1) is 21.7. The van der Waals surface area contributed by atoms with E-state index in [9.17, 15) is 20.1 Å². The molecule has 0 bridgehead atoms. The predicted octanol–water partition coefficient (Wildman–Crippen LogP) is -0.665. The molecule has 3 aliphatic rings. The quantitative estimate of drug-likeness (QED) is 0.424. The normalized spacial score (nSPS) is 46.0. The van der Waals surface area contributed by atoms with Crippen LogP contribution < -0.4 is 10.6 Å². The molecule has 0 radical (unpaired) electrons. The van der Waals surface area contributed by atoms with E-state index in [2.05, 4.69) is 10.6 Å². The molecule has 10 nitrogen and oxygen atoms in total. The van der Waals surface area contributed by atoms with Crippen LogP contribution >= 0.6 is 0 Å². The van der Waals surface area contributed by atoms with E-state index in [-0.39, 0.29) is 18.3 Å². The molecule has 4 rings (SSSR count). The monoisotopic (exact) mass is 426 g/mol. The zero-order valence-electron chi connectivity index (χ0n) is 17.2. The molecular formula is C20H30N2O8. The van der Waals surface area contributed by atoms with Crippen molar-refractivity contribution in [3.8, 4) is 0 Å². The number of aliphatic hydroxyl groups excluding tert-OH is 2. The molecule has 5 N–H and O–H groups in total. The zero-order valence-corrected chi connectivity index (χ0v) is 17.2. The molecule has 3 unspecified atom stereocenters. The van der Waals surface area contributed by atoms with Gasteiger partial charge >= 0.3 is 0 Å². The molecule has 1 aromatic rings. The van der Waals surface area contributed by atoms with E-state index in [1.165, 1.54) is 12.3 Å². The highest BCUT2D eigenvalue weighted by atomic mass is 16.8. The van der Waals surface area contributed by atoms with Crippen LogP contribution in [0.25, 0.3) is 0 Å². The molecule has 1 aromatic heterocycles. The van der Waals surface area contributed by atoms with Gasteiger partial charge in [0.25, 0.3) is 5.91 Å². The summed E-state index contributed by atoms with van der Waals surface area (Å²) in [6.45, 7) is 3.68. The highest BCUT2D eigenvalue weighted by Gasteiger charge is 2.63. The number of hydrogen-bond acceptors (Lipinski definition) is 9. The standard InChI is InChI=1S/C20H30N2O8/c1-4-10-14(23)13(21-3)16-17(15(10)24)29-19-20(26,30-16)12(8-9(2)28-19)22-18(25)11-6-5-7-27-11/h5-7,9-10,12-17,19,21,23-24,26H,4,8H2,1-3H3,(H,22,25)/t9-,10-,12-,13+,14+,15+,16?,17?,19?,20+/m1/s1. The topological polar surface area (TPSA) is 143 Å². The number of fused-ring (bicyclic) bond motifs is 2. The van der Waals surface area contributed by atoms with Crippen LogP contribution in [0, 0.1) is 5.92 Å². The maximum absolute atomic E-state index is 12.5. The molecule has 1 saturated carbocycles. The Morgan fingerprint density at radius 3 is 2.67 bits per heavy atom. The summed E-state index contributed by atoms with van der Waals surface area (Å²) in [5.74, 6) is -2.83. The molecule has 2 saturated heterocycles. The number of amides is 1. The number of rotatable bonds is 4. The second-order valence-corrected chi connectivity index (χ2v) is 8.32. The predicted molar refractivity (Wildman–Crippen MR) is 102 cm³/mol. The van der Waals surface area contributed by atoms with Crippen LogP contribution in [0.3, 0.4) is 0 Å².